The fourth-order valence-corrected chi connectivity index (χ4v) is 3.67. The summed E-state index contributed by atoms with van der Waals surface area (Å²) in [6.07, 6.45) is 1.69. The lowest BCUT2D eigenvalue weighted by molar-refractivity contribution is 0.208. The van der Waals surface area contributed by atoms with Crippen LogP contribution < -0.4 is 10.2 Å². The lowest BCUT2D eigenvalue weighted by atomic mass is 10.2. The quantitative estimate of drug-likeness (QED) is 0.728. The van der Waals surface area contributed by atoms with Crippen LogP contribution in [0.4, 0.5) is 16.3 Å². The summed E-state index contributed by atoms with van der Waals surface area (Å²) in [6, 6.07) is 15.2. The zero-order valence-electron chi connectivity index (χ0n) is 17.0. The molecular weight excluding hydrogens is 378 g/mol. The number of pyridine rings is 1. The summed E-state index contributed by atoms with van der Waals surface area (Å²) < 4.78 is 1.86. The lowest BCUT2D eigenvalue weighted by Gasteiger charge is -2.35. The van der Waals surface area contributed by atoms with Gasteiger partial charge in [-0.1, -0.05) is 6.07 Å². The van der Waals surface area contributed by atoms with Gasteiger partial charge in [-0.2, -0.15) is 10.4 Å². The molecule has 0 unspecified atom stereocenters. The van der Waals surface area contributed by atoms with E-state index in [1.165, 1.54) is 0 Å². The van der Waals surface area contributed by atoms with Gasteiger partial charge in [-0.15, -0.1) is 0 Å². The molecule has 0 bridgehead atoms. The topological polar surface area (TPSA) is 90.1 Å². The van der Waals surface area contributed by atoms with Gasteiger partial charge in [0.05, 0.1) is 16.9 Å². The summed E-state index contributed by atoms with van der Waals surface area (Å²) >= 11 is 0. The average molecular weight is 401 g/mol. The van der Waals surface area contributed by atoms with Gasteiger partial charge in [-0.3, -0.25) is 0 Å². The number of nitrogens with one attached hydrogen (secondary N) is 1. The molecular formula is C22H23N7O. The van der Waals surface area contributed by atoms with Gasteiger partial charge in [-0.05, 0) is 50.2 Å². The fourth-order valence-electron chi connectivity index (χ4n) is 3.67. The smallest absolute Gasteiger partial charge is 0.321 e. The molecule has 2 amide bonds. The van der Waals surface area contributed by atoms with Gasteiger partial charge in [0.15, 0.2) is 0 Å². The molecule has 30 heavy (non-hydrogen) atoms. The average Bonchev–Trinajstić information content (AvgIpc) is 3.12. The second kappa shape index (κ2) is 8.25. The van der Waals surface area contributed by atoms with E-state index >= 15 is 0 Å². The molecule has 1 N–H and O–H groups in total. The Kier molecular flexibility index (Phi) is 5.35. The van der Waals surface area contributed by atoms with E-state index in [1.54, 1.807) is 23.2 Å². The van der Waals surface area contributed by atoms with E-state index in [0.717, 1.165) is 22.8 Å². The van der Waals surface area contributed by atoms with Crippen molar-refractivity contribution in [3.05, 3.63) is 65.6 Å². The van der Waals surface area contributed by atoms with Crippen LogP contribution in [0.5, 0.6) is 0 Å². The molecule has 3 heterocycles. The van der Waals surface area contributed by atoms with Crippen molar-refractivity contribution in [2.75, 3.05) is 36.4 Å². The molecule has 0 aliphatic carbocycles. The highest BCUT2D eigenvalue weighted by Gasteiger charge is 2.23. The van der Waals surface area contributed by atoms with Crippen LogP contribution in [-0.4, -0.2) is 51.9 Å². The van der Waals surface area contributed by atoms with Crippen molar-refractivity contribution in [2.24, 2.45) is 0 Å². The first-order chi connectivity index (χ1) is 14.5. The molecule has 0 radical (unpaired) electrons. The van der Waals surface area contributed by atoms with Crippen LogP contribution in [0.1, 0.15) is 17.0 Å². The zero-order chi connectivity index (χ0) is 21.1. The molecule has 1 aliphatic heterocycles. The number of nitrogens with zero attached hydrogens (tertiary/aromatic N) is 6. The highest BCUT2D eigenvalue weighted by atomic mass is 16.2. The first-order valence-electron chi connectivity index (χ1n) is 9.85. The van der Waals surface area contributed by atoms with Crippen LogP contribution in [-0.2, 0) is 0 Å². The van der Waals surface area contributed by atoms with Crippen molar-refractivity contribution in [3.8, 4) is 11.8 Å². The van der Waals surface area contributed by atoms with Gasteiger partial charge in [0.2, 0.25) is 0 Å². The number of anilines is 2. The SMILES string of the molecule is Cc1cc(C)n(-c2cccc(NC(=O)N3CCN(c4ncccc4C#N)CC3)c2)n1. The number of hydrogen-bond donors (Lipinski definition) is 1. The van der Waals surface area contributed by atoms with Crippen molar-refractivity contribution >= 4 is 17.5 Å². The molecule has 0 saturated carbocycles. The molecule has 4 rings (SSSR count). The Hall–Kier alpha value is -3.86. The van der Waals surface area contributed by atoms with Gasteiger partial charge in [-0.25, -0.2) is 14.5 Å². The minimum absolute atomic E-state index is 0.137. The fraction of sp³-hybridized carbons (Fsp3) is 0.273. The van der Waals surface area contributed by atoms with Crippen LogP contribution in [0, 0.1) is 25.2 Å². The number of piperazine rings is 1. The summed E-state index contributed by atoms with van der Waals surface area (Å²) in [6.45, 7) is 6.34. The van der Waals surface area contributed by atoms with Crippen LogP contribution in [0.3, 0.4) is 0 Å². The molecule has 0 atom stereocenters. The predicted octanol–water partition coefficient (Wildman–Crippen LogP) is 3.11. The van der Waals surface area contributed by atoms with E-state index in [0.29, 0.717) is 37.6 Å². The largest absolute Gasteiger partial charge is 0.352 e. The highest BCUT2D eigenvalue weighted by molar-refractivity contribution is 5.89. The number of aryl methyl sites for hydroxylation is 2. The van der Waals surface area contributed by atoms with Crippen molar-refractivity contribution in [1.29, 1.82) is 5.26 Å². The van der Waals surface area contributed by atoms with Crippen molar-refractivity contribution in [1.82, 2.24) is 19.7 Å². The predicted molar refractivity (Wildman–Crippen MR) is 115 cm³/mol. The molecule has 3 aromatic rings. The lowest BCUT2D eigenvalue weighted by Crippen LogP contribution is -2.50. The number of carbonyl (C=O) groups excluding carboxylic acids is 1. The van der Waals surface area contributed by atoms with Gasteiger partial charge in [0.25, 0.3) is 0 Å². The number of carbonyl (C=O) groups is 1. The van der Waals surface area contributed by atoms with Gasteiger partial charge >= 0.3 is 6.03 Å². The van der Waals surface area contributed by atoms with E-state index in [-0.39, 0.29) is 6.03 Å². The van der Waals surface area contributed by atoms with Gasteiger partial charge < -0.3 is 15.1 Å². The Morgan fingerprint density at radius 1 is 1.10 bits per heavy atom. The summed E-state index contributed by atoms with van der Waals surface area (Å²) in [7, 11) is 0. The second-order valence-electron chi connectivity index (χ2n) is 7.28. The minimum atomic E-state index is -0.137. The van der Waals surface area contributed by atoms with E-state index < -0.39 is 0 Å². The van der Waals surface area contributed by atoms with Crippen LogP contribution in [0.2, 0.25) is 0 Å². The van der Waals surface area contributed by atoms with Crippen molar-refractivity contribution in [2.45, 2.75) is 13.8 Å². The summed E-state index contributed by atoms with van der Waals surface area (Å²) in [5, 5.41) is 16.8. The normalized spacial score (nSPS) is 13.8. The van der Waals surface area contributed by atoms with Crippen LogP contribution in [0.15, 0.2) is 48.7 Å². The molecule has 8 heteroatoms. The number of nitriles is 1. The van der Waals surface area contributed by atoms with E-state index in [2.05, 4.69) is 21.5 Å². The third-order valence-corrected chi connectivity index (χ3v) is 5.13. The maximum absolute atomic E-state index is 12.8. The molecule has 152 valence electrons. The number of benzene rings is 1. The van der Waals surface area contributed by atoms with Crippen LogP contribution >= 0.6 is 0 Å². The standard InChI is InChI=1S/C22H23N7O/c1-16-13-17(2)29(26-16)20-7-3-6-19(14-20)25-22(30)28-11-9-27(10-12-28)21-18(15-23)5-4-8-24-21/h3-8,13-14H,9-12H2,1-2H3,(H,25,30). The zero-order valence-corrected chi connectivity index (χ0v) is 17.0. The number of urea groups is 1. The number of amides is 2. The third-order valence-electron chi connectivity index (χ3n) is 5.13. The maximum Gasteiger partial charge on any atom is 0.321 e. The van der Waals surface area contributed by atoms with Crippen LogP contribution in [0.25, 0.3) is 5.69 Å². The second-order valence-corrected chi connectivity index (χ2v) is 7.28. The van der Waals surface area contributed by atoms with Crippen molar-refractivity contribution in [3.63, 3.8) is 0 Å². The number of hydrogen-bond acceptors (Lipinski definition) is 5. The molecule has 1 saturated heterocycles. The molecule has 1 aromatic carbocycles. The van der Waals surface area contributed by atoms with Crippen molar-refractivity contribution < 1.29 is 4.79 Å². The Morgan fingerprint density at radius 2 is 1.90 bits per heavy atom. The Bertz CT molecular complexity index is 1110. The highest BCUT2D eigenvalue weighted by Crippen LogP contribution is 2.20. The first kappa shape index (κ1) is 19.5. The monoisotopic (exact) mass is 401 g/mol. The molecule has 8 nitrogen and oxygen atoms in total. The minimum Gasteiger partial charge on any atom is -0.352 e. The summed E-state index contributed by atoms with van der Waals surface area (Å²) in [4.78, 5) is 20.9. The number of aromatic nitrogens is 3. The van der Waals surface area contributed by atoms with E-state index in [9.17, 15) is 10.1 Å². The first-order valence-corrected chi connectivity index (χ1v) is 9.85. The number of rotatable bonds is 3. The molecule has 0 spiro atoms. The maximum atomic E-state index is 12.8. The van der Waals surface area contributed by atoms with Gasteiger partial charge in [0.1, 0.15) is 11.9 Å². The molecule has 1 aliphatic rings. The Labute approximate surface area is 175 Å². The van der Waals surface area contributed by atoms with E-state index in [4.69, 9.17) is 0 Å². The van der Waals surface area contributed by atoms with Gasteiger partial charge in [0, 0.05) is 43.8 Å². The molecule has 2 aromatic heterocycles. The summed E-state index contributed by atoms with van der Waals surface area (Å²) in [5.41, 5.74) is 4.17. The Balaban J connectivity index is 1.40. The molecule has 1 fully saturated rings. The third kappa shape index (κ3) is 3.96. The summed E-state index contributed by atoms with van der Waals surface area (Å²) in [5.74, 6) is 0.678. The van der Waals surface area contributed by atoms with E-state index in [1.807, 2.05) is 53.8 Å². The Morgan fingerprint density at radius 3 is 2.60 bits per heavy atom.